The molecule has 5 nitrogen and oxygen atoms in total. The molecule has 20 heavy (non-hydrogen) atoms. The van der Waals surface area contributed by atoms with Crippen molar-refractivity contribution >= 4 is 33.3 Å². The van der Waals surface area contributed by atoms with Crippen LogP contribution in [0.2, 0.25) is 0 Å². The molecule has 0 unspecified atom stereocenters. The van der Waals surface area contributed by atoms with Gasteiger partial charge in [-0.2, -0.15) is 0 Å². The van der Waals surface area contributed by atoms with E-state index >= 15 is 0 Å². The minimum atomic E-state index is 0.0473. The van der Waals surface area contributed by atoms with E-state index in [1.807, 2.05) is 0 Å². The minimum Gasteiger partial charge on any atom is -0.360 e. The molecule has 0 bridgehead atoms. The molecule has 0 saturated heterocycles. The van der Waals surface area contributed by atoms with Crippen LogP contribution in [0.5, 0.6) is 0 Å². The monoisotopic (exact) mass is 288 g/mol. The summed E-state index contributed by atoms with van der Waals surface area (Å²) < 4.78 is 0. The number of anilines is 1. The fourth-order valence-corrected chi connectivity index (χ4v) is 3.96. The topological polar surface area (TPSA) is 66.9 Å². The number of nitrogens with one attached hydrogen (secondary N) is 2. The van der Waals surface area contributed by atoms with Gasteiger partial charge in [0.05, 0.1) is 11.9 Å². The molecule has 6 heteroatoms. The smallest absolute Gasteiger partial charge is 0.239 e. The zero-order chi connectivity index (χ0) is 13.5. The van der Waals surface area contributed by atoms with Crippen LogP contribution in [0, 0.1) is 0 Å². The van der Waals surface area contributed by atoms with Crippen LogP contribution in [-0.4, -0.2) is 28.5 Å². The van der Waals surface area contributed by atoms with Gasteiger partial charge in [-0.3, -0.25) is 4.79 Å². The van der Waals surface area contributed by atoms with Gasteiger partial charge in [-0.05, 0) is 37.7 Å². The molecule has 1 amide bonds. The Morgan fingerprint density at radius 3 is 3.10 bits per heavy atom. The maximum atomic E-state index is 11.8. The van der Waals surface area contributed by atoms with Crippen LogP contribution in [0.1, 0.15) is 29.7 Å². The quantitative estimate of drug-likeness (QED) is 0.901. The van der Waals surface area contributed by atoms with Gasteiger partial charge in [-0.25, -0.2) is 9.97 Å². The predicted molar refractivity (Wildman–Crippen MR) is 79.1 cm³/mol. The van der Waals surface area contributed by atoms with E-state index in [4.69, 9.17) is 0 Å². The van der Waals surface area contributed by atoms with E-state index in [9.17, 15) is 4.79 Å². The number of nitrogens with zero attached hydrogens (tertiary/aromatic N) is 2. The van der Waals surface area contributed by atoms with Crippen molar-refractivity contribution in [3.63, 3.8) is 0 Å². The summed E-state index contributed by atoms with van der Waals surface area (Å²) in [5, 5.41) is 7.28. The summed E-state index contributed by atoms with van der Waals surface area (Å²) >= 11 is 1.76. The Hall–Kier alpha value is -1.69. The fourth-order valence-electron chi connectivity index (χ4n) is 2.73. The Bertz CT molecular complexity index is 677. The average molecular weight is 288 g/mol. The number of fused-ring (bicyclic) bond motifs is 3. The van der Waals surface area contributed by atoms with Crippen molar-refractivity contribution in [2.24, 2.45) is 0 Å². The molecule has 104 valence electrons. The first kappa shape index (κ1) is 12.1. The third-order valence-electron chi connectivity index (χ3n) is 3.86. The van der Waals surface area contributed by atoms with Crippen LogP contribution < -0.4 is 10.6 Å². The standard InChI is InChI=1S/C14H16N4OS/c19-11(18-8-4-5-8)6-15-13-12-9-2-1-3-10(9)20-14(12)17-7-16-13/h7-8H,1-6H2,(H,18,19)(H,15,16,17). The van der Waals surface area contributed by atoms with Gasteiger partial charge in [0.2, 0.25) is 5.91 Å². The van der Waals surface area contributed by atoms with E-state index in [0.29, 0.717) is 6.04 Å². The first-order valence-corrected chi connectivity index (χ1v) is 7.91. The van der Waals surface area contributed by atoms with E-state index in [1.165, 1.54) is 16.9 Å². The van der Waals surface area contributed by atoms with E-state index < -0.39 is 0 Å². The van der Waals surface area contributed by atoms with Crippen molar-refractivity contribution < 1.29 is 4.79 Å². The second kappa shape index (κ2) is 4.70. The molecule has 1 saturated carbocycles. The van der Waals surface area contributed by atoms with Crippen molar-refractivity contribution in [3.8, 4) is 0 Å². The lowest BCUT2D eigenvalue weighted by atomic mass is 10.2. The van der Waals surface area contributed by atoms with Gasteiger partial charge in [-0.15, -0.1) is 11.3 Å². The van der Waals surface area contributed by atoms with Gasteiger partial charge >= 0.3 is 0 Å². The lowest BCUT2D eigenvalue weighted by molar-refractivity contribution is -0.119. The second-order valence-corrected chi connectivity index (χ2v) is 6.54. The van der Waals surface area contributed by atoms with Gasteiger partial charge in [0.1, 0.15) is 17.0 Å². The SMILES string of the molecule is O=C(CNc1ncnc2sc3c(c12)CCC3)NC1CC1. The molecule has 2 N–H and O–H groups in total. The summed E-state index contributed by atoms with van der Waals surface area (Å²) in [6, 6.07) is 0.403. The van der Waals surface area contributed by atoms with Gasteiger partial charge in [0.25, 0.3) is 0 Å². The number of carbonyl (C=O) groups excluding carboxylic acids is 1. The van der Waals surface area contributed by atoms with Crippen LogP contribution in [0.4, 0.5) is 5.82 Å². The molecule has 0 aromatic carbocycles. The number of carbonyl (C=O) groups is 1. The number of rotatable bonds is 4. The lowest BCUT2D eigenvalue weighted by Gasteiger charge is -2.07. The van der Waals surface area contributed by atoms with Crippen LogP contribution in [0.25, 0.3) is 10.2 Å². The van der Waals surface area contributed by atoms with Crippen molar-refractivity contribution in [1.29, 1.82) is 0 Å². The van der Waals surface area contributed by atoms with E-state index in [0.717, 1.165) is 41.7 Å². The lowest BCUT2D eigenvalue weighted by Crippen LogP contribution is -2.31. The molecular weight excluding hydrogens is 272 g/mol. The van der Waals surface area contributed by atoms with Crippen molar-refractivity contribution in [2.75, 3.05) is 11.9 Å². The third kappa shape index (κ3) is 2.14. The summed E-state index contributed by atoms with van der Waals surface area (Å²) in [6.07, 6.45) is 7.27. The zero-order valence-corrected chi connectivity index (χ0v) is 11.9. The second-order valence-electron chi connectivity index (χ2n) is 5.46. The minimum absolute atomic E-state index is 0.0473. The van der Waals surface area contributed by atoms with E-state index in [-0.39, 0.29) is 12.5 Å². The van der Waals surface area contributed by atoms with Crippen molar-refractivity contribution in [2.45, 2.75) is 38.1 Å². The largest absolute Gasteiger partial charge is 0.360 e. The highest BCUT2D eigenvalue weighted by Crippen LogP contribution is 2.38. The molecule has 1 fully saturated rings. The molecule has 0 atom stereocenters. The average Bonchev–Trinajstić information content (AvgIpc) is 3.00. The first-order valence-electron chi connectivity index (χ1n) is 7.10. The number of amides is 1. The molecule has 0 spiro atoms. The first-order chi connectivity index (χ1) is 9.81. The molecule has 2 aliphatic carbocycles. The molecule has 2 aromatic rings. The summed E-state index contributed by atoms with van der Waals surface area (Å²) in [5.41, 5.74) is 1.38. The Balaban J connectivity index is 1.57. The normalized spacial score (nSPS) is 17.2. The Labute approximate surface area is 120 Å². The van der Waals surface area contributed by atoms with Crippen LogP contribution in [-0.2, 0) is 17.6 Å². The van der Waals surface area contributed by atoms with E-state index in [2.05, 4.69) is 20.6 Å². The van der Waals surface area contributed by atoms with Gasteiger partial charge < -0.3 is 10.6 Å². The van der Waals surface area contributed by atoms with Gasteiger partial charge in [-0.1, -0.05) is 0 Å². The molecule has 2 heterocycles. The molecule has 0 radical (unpaired) electrons. The van der Waals surface area contributed by atoms with Gasteiger partial charge in [0, 0.05) is 10.9 Å². The molecule has 0 aliphatic heterocycles. The van der Waals surface area contributed by atoms with Crippen LogP contribution in [0.15, 0.2) is 6.33 Å². The Kier molecular flexibility index (Phi) is 2.84. The Morgan fingerprint density at radius 1 is 1.35 bits per heavy atom. The maximum Gasteiger partial charge on any atom is 0.239 e. The highest BCUT2D eigenvalue weighted by atomic mass is 32.1. The van der Waals surface area contributed by atoms with Crippen molar-refractivity contribution in [3.05, 3.63) is 16.8 Å². The van der Waals surface area contributed by atoms with Crippen LogP contribution in [0.3, 0.4) is 0 Å². The van der Waals surface area contributed by atoms with Crippen LogP contribution >= 0.6 is 11.3 Å². The number of hydrogen-bond acceptors (Lipinski definition) is 5. The summed E-state index contributed by atoms with van der Waals surface area (Å²) in [7, 11) is 0. The molecule has 2 aliphatic rings. The molecule has 2 aromatic heterocycles. The number of thiophene rings is 1. The fraction of sp³-hybridized carbons (Fsp3) is 0.500. The maximum absolute atomic E-state index is 11.8. The summed E-state index contributed by atoms with van der Waals surface area (Å²) in [6.45, 7) is 0.285. The third-order valence-corrected chi connectivity index (χ3v) is 5.06. The predicted octanol–water partition coefficient (Wildman–Crippen LogP) is 1.87. The summed E-state index contributed by atoms with van der Waals surface area (Å²) in [4.78, 5) is 22.9. The molecule has 4 rings (SSSR count). The summed E-state index contributed by atoms with van der Waals surface area (Å²) in [5.74, 6) is 0.853. The number of aromatic nitrogens is 2. The Morgan fingerprint density at radius 2 is 2.25 bits per heavy atom. The zero-order valence-electron chi connectivity index (χ0n) is 11.1. The molecular formula is C14H16N4OS. The number of hydrogen-bond donors (Lipinski definition) is 2. The van der Waals surface area contributed by atoms with E-state index in [1.54, 1.807) is 17.7 Å². The highest BCUT2D eigenvalue weighted by molar-refractivity contribution is 7.19. The highest BCUT2D eigenvalue weighted by Gasteiger charge is 2.24. The van der Waals surface area contributed by atoms with Crippen molar-refractivity contribution in [1.82, 2.24) is 15.3 Å². The number of aryl methyl sites for hydroxylation is 2. The van der Waals surface area contributed by atoms with Gasteiger partial charge in [0.15, 0.2) is 0 Å².